The molecule has 0 aromatic carbocycles. The number of nitrogens with two attached hydrogens (primary N) is 1. The lowest BCUT2D eigenvalue weighted by Gasteiger charge is -2.27. The summed E-state index contributed by atoms with van der Waals surface area (Å²) in [5.74, 6) is 0.788. The molecule has 1 aromatic rings. The number of pyridine rings is 1. The van der Waals surface area contributed by atoms with Crippen LogP contribution in [0, 0.1) is 6.92 Å². The largest absolute Gasteiger partial charge is 0.389 e. The highest BCUT2D eigenvalue weighted by atomic mass is 32.1. The second-order valence-electron chi connectivity index (χ2n) is 4.97. The average molecular weight is 251 g/mol. The lowest BCUT2D eigenvalue weighted by Crippen LogP contribution is -2.32. The Morgan fingerprint density at radius 1 is 1.53 bits per heavy atom. The molecular formula is C13H21N3S. The van der Waals surface area contributed by atoms with Crippen molar-refractivity contribution in [3.05, 3.63) is 23.4 Å². The molecule has 0 atom stereocenters. The maximum atomic E-state index is 5.76. The zero-order chi connectivity index (χ0) is 13.1. The van der Waals surface area contributed by atoms with Crippen LogP contribution in [0.25, 0.3) is 0 Å². The van der Waals surface area contributed by atoms with E-state index in [0.717, 1.165) is 29.8 Å². The van der Waals surface area contributed by atoms with Gasteiger partial charge in [-0.2, -0.15) is 0 Å². The Morgan fingerprint density at radius 2 is 2.18 bits per heavy atom. The summed E-state index contributed by atoms with van der Waals surface area (Å²) < 4.78 is 0. The number of aromatic nitrogens is 1. The number of thiocarbonyl (C=S) groups is 1. The third kappa shape index (κ3) is 3.66. The molecule has 0 amide bonds. The molecule has 0 saturated carbocycles. The minimum Gasteiger partial charge on any atom is -0.389 e. The van der Waals surface area contributed by atoms with Crippen molar-refractivity contribution in [3.8, 4) is 0 Å². The van der Waals surface area contributed by atoms with Gasteiger partial charge in [0, 0.05) is 11.7 Å². The van der Waals surface area contributed by atoms with Crippen molar-refractivity contribution in [2.75, 3.05) is 5.32 Å². The van der Waals surface area contributed by atoms with E-state index in [4.69, 9.17) is 18.0 Å². The highest BCUT2D eigenvalue weighted by molar-refractivity contribution is 7.80. The van der Waals surface area contributed by atoms with Gasteiger partial charge in [0.2, 0.25) is 0 Å². The molecule has 0 radical (unpaired) electrons. The van der Waals surface area contributed by atoms with Crippen molar-refractivity contribution in [3.63, 3.8) is 0 Å². The molecular weight excluding hydrogens is 230 g/mol. The van der Waals surface area contributed by atoms with Crippen LogP contribution >= 0.6 is 12.2 Å². The molecule has 1 aromatic heterocycles. The van der Waals surface area contributed by atoms with Crippen molar-refractivity contribution in [1.82, 2.24) is 4.98 Å². The Morgan fingerprint density at radius 3 is 2.71 bits per heavy atom. The molecule has 0 bridgehead atoms. The first-order valence-corrected chi connectivity index (χ1v) is 6.32. The van der Waals surface area contributed by atoms with Crippen LogP contribution in [0.5, 0.6) is 0 Å². The summed E-state index contributed by atoms with van der Waals surface area (Å²) in [6.45, 7) is 8.48. The predicted molar refractivity (Wildman–Crippen MR) is 77.5 cm³/mol. The molecule has 0 aliphatic rings. The fourth-order valence-corrected chi connectivity index (χ4v) is 2.23. The third-order valence-electron chi connectivity index (χ3n) is 2.74. The van der Waals surface area contributed by atoms with E-state index in [1.807, 2.05) is 13.0 Å². The molecule has 0 saturated heterocycles. The molecule has 17 heavy (non-hydrogen) atoms. The van der Waals surface area contributed by atoms with Crippen molar-refractivity contribution in [1.29, 1.82) is 0 Å². The number of hydrogen-bond donors (Lipinski definition) is 2. The van der Waals surface area contributed by atoms with E-state index in [2.05, 4.69) is 31.1 Å². The Hall–Kier alpha value is -1.16. The highest BCUT2D eigenvalue weighted by Gasteiger charge is 2.19. The number of rotatable bonds is 5. The topological polar surface area (TPSA) is 50.9 Å². The number of anilines is 1. The van der Waals surface area contributed by atoms with E-state index in [-0.39, 0.29) is 5.54 Å². The van der Waals surface area contributed by atoms with Crippen LogP contribution in [0.4, 0.5) is 5.82 Å². The number of aryl methyl sites for hydroxylation is 1. The van der Waals surface area contributed by atoms with E-state index in [0.29, 0.717) is 4.99 Å². The zero-order valence-corrected chi connectivity index (χ0v) is 11.8. The fraction of sp³-hybridized carbons (Fsp3) is 0.538. The third-order valence-corrected chi connectivity index (χ3v) is 2.94. The molecule has 0 aliphatic heterocycles. The van der Waals surface area contributed by atoms with Gasteiger partial charge in [-0.25, -0.2) is 4.98 Å². The molecule has 1 rings (SSSR count). The molecule has 0 unspecified atom stereocenters. The quantitative estimate of drug-likeness (QED) is 0.790. The minimum atomic E-state index is -0.00488. The van der Waals surface area contributed by atoms with Gasteiger partial charge in [-0.15, -0.1) is 0 Å². The second-order valence-corrected chi connectivity index (χ2v) is 5.41. The lowest BCUT2D eigenvalue weighted by atomic mass is 9.98. The average Bonchev–Trinajstić information content (AvgIpc) is 2.15. The van der Waals surface area contributed by atoms with Crippen LogP contribution in [-0.4, -0.2) is 15.5 Å². The number of hydrogen-bond acceptors (Lipinski definition) is 3. The normalized spacial score (nSPS) is 11.3. The van der Waals surface area contributed by atoms with Gasteiger partial charge >= 0.3 is 0 Å². The molecule has 3 nitrogen and oxygen atoms in total. The Kier molecular flexibility index (Phi) is 4.46. The molecule has 0 aliphatic carbocycles. The fourth-order valence-electron chi connectivity index (χ4n) is 1.97. The van der Waals surface area contributed by atoms with Crippen LogP contribution < -0.4 is 11.1 Å². The lowest BCUT2D eigenvalue weighted by molar-refractivity contribution is 0.509. The zero-order valence-electron chi connectivity index (χ0n) is 11.0. The predicted octanol–water partition coefficient (Wildman–Crippen LogP) is 3.01. The van der Waals surface area contributed by atoms with Gasteiger partial charge in [-0.1, -0.05) is 25.6 Å². The molecule has 4 heteroatoms. The maximum Gasteiger partial charge on any atom is 0.136 e. The van der Waals surface area contributed by atoms with Crippen LogP contribution in [-0.2, 0) is 0 Å². The Labute approximate surface area is 109 Å². The molecule has 0 spiro atoms. The van der Waals surface area contributed by atoms with Gasteiger partial charge in [-0.05, 0) is 38.8 Å². The maximum absolute atomic E-state index is 5.76. The van der Waals surface area contributed by atoms with Crippen LogP contribution in [0.2, 0.25) is 0 Å². The second kappa shape index (κ2) is 5.45. The monoisotopic (exact) mass is 251 g/mol. The van der Waals surface area contributed by atoms with Crippen LogP contribution in [0.1, 0.15) is 44.7 Å². The van der Waals surface area contributed by atoms with Crippen molar-refractivity contribution in [2.45, 2.75) is 46.1 Å². The summed E-state index contributed by atoms with van der Waals surface area (Å²) in [5.41, 5.74) is 7.67. The van der Waals surface area contributed by atoms with Gasteiger partial charge in [0.05, 0.1) is 5.56 Å². The van der Waals surface area contributed by atoms with Gasteiger partial charge in [0.25, 0.3) is 0 Å². The SMILES string of the molecule is CCCC(C)(C)Nc1nccc(C)c1C(N)=S. The summed E-state index contributed by atoms with van der Waals surface area (Å²) in [4.78, 5) is 4.74. The van der Waals surface area contributed by atoms with E-state index in [1.54, 1.807) is 6.20 Å². The first kappa shape index (κ1) is 13.9. The summed E-state index contributed by atoms with van der Waals surface area (Å²) in [6, 6.07) is 1.92. The van der Waals surface area contributed by atoms with Crippen molar-refractivity contribution in [2.24, 2.45) is 5.73 Å². The molecule has 0 fully saturated rings. The van der Waals surface area contributed by atoms with Crippen LogP contribution in [0.3, 0.4) is 0 Å². The Balaban J connectivity index is 3.06. The van der Waals surface area contributed by atoms with E-state index in [1.165, 1.54) is 0 Å². The first-order valence-electron chi connectivity index (χ1n) is 5.91. The number of nitrogens with one attached hydrogen (secondary N) is 1. The summed E-state index contributed by atoms with van der Waals surface area (Å²) >= 11 is 5.09. The minimum absolute atomic E-state index is 0.00488. The van der Waals surface area contributed by atoms with Gasteiger partial charge in [-0.3, -0.25) is 0 Å². The summed E-state index contributed by atoms with van der Waals surface area (Å²) in [7, 11) is 0. The first-order chi connectivity index (χ1) is 7.87. The standard InChI is InChI=1S/C13H21N3S/c1-5-7-13(3,4)16-12-10(11(14)17)9(2)6-8-15-12/h6,8H,5,7H2,1-4H3,(H2,14,17)(H,15,16). The summed E-state index contributed by atoms with van der Waals surface area (Å²) in [5, 5.41) is 3.43. The van der Waals surface area contributed by atoms with Gasteiger partial charge < -0.3 is 11.1 Å². The van der Waals surface area contributed by atoms with E-state index in [9.17, 15) is 0 Å². The number of nitrogens with zero attached hydrogens (tertiary/aromatic N) is 1. The molecule has 94 valence electrons. The summed E-state index contributed by atoms with van der Waals surface area (Å²) in [6.07, 6.45) is 3.97. The van der Waals surface area contributed by atoms with Crippen molar-refractivity contribution >= 4 is 23.0 Å². The van der Waals surface area contributed by atoms with Crippen LogP contribution in [0.15, 0.2) is 12.3 Å². The van der Waals surface area contributed by atoms with E-state index < -0.39 is 0 Å². The van der Waals surface area contributed by atoms with E-state index >= 15 is 0 Å². The molecule has 3 N–H and O–H groups in total. The molecule has 1 heterocycles. The Bertz CT molecular complexity index is 413. The van der Waals surface area contributed by atoms with Gasteiger partial charge in [0.15, 0.2) is 0 Å². The van der Waals surface area contributed by atoms with Crippen molar-refractivity contribution < 1.29 is 0 Å². The highest BCUT2D eigenvalue weighted by Crippen LogP contribution is 2.23. The van der Waals surface area contributed by atoms with Gasteiger partial charge in [0.1, 0.15) is 10.8 Å². The smallest absolute Gasteiger partial charge is 0.136 e.